The molecule has 0 bridgehead atoms. The highest BCUT2D eigenvalue weighted by Crippen LogP contribution is 2.43. The second kappa shape index (κ2) is 12.9. The average Bonchev–Trinajstić information content (AvgIpc) is 2.95. The number of esters is 1. The second-order valence-electron chi connectivity index (χ2n) is 14.2. The fourth-order valence-electron chi connectivity index (χ4n) is 5.71. The van der Waals surface area contributed by atoms with Crippen molar-refractivity contribution < 1.29 is 32.9 Å². The minimum atomic E-state index is -2.94. The largest absolute Gasteiger partial charge is 0.508 e. The summed E-state index contributed by atoms with van der Waals surface area (Å²) in [6, 6.07) is 18.4. The lowest BCUT2D eigenvalue weighted by molar-refractivity contribution is -0.145. The Labute approximate surface area is 267 Å². The smallest absolute Gasteiger partial charge is 0.307 e. The number of carbonyl (C=O) groups excluding carboxylic acids is 1. The Bertz CT molecular complexity index is 1540. The number of sulfone groups is 1. The molecular formula is C36H47NO7S. The van der Waals surface area contributed by atoms with E-state index in [0.29, 0.717) is 18.8 Å². The molecule has 0 aromatic heterocycles. The molecule has 244 valence electrons. The molecule has 3 aromatic rings. The number of nitrogens with zero attached hydrogens (tertiary/aromatic N) is 1. The van der Waals surface area contributed by atoms with E-state index in [1.165, 1.54) is 0 Å². The molecule has 0 radical (unpaired) electrons. The molecule has 1 heterocycles. The van der Waals surface area contributed by atoms with Gasteiger partial charge in [0.25, 0.3) is 0 Å². The summed E-state index contributed by atoms with van der Waals surface area (Å²) in [4.78, 5) is 15.4. The van der Waals surface area contributed by atoms with Gasteiger partial charge >= 0.3 is 5.97 Å². The highest BCUT2D eigenvalue weighted by Gasteiger charge is 2.35. The van der Waals surface area contributed by atoms with E-state index < -0.39 is 21.2 Å². The van der Waals surface area contributed by atoms with Gasteiger partial charge in [0.2, 0.25) is 0 Å². The Morgan fingerprint density at radius 3 is 1.71 bits per heavy atom. The van der Waals surface area contributed by atoms with Crippen molar-refractivity contribution >= 4 is 21.5 Å². The fourth-order valence-corrected chi connectivity index (χ4v) is 6.91. The number of hydrogen-bond donors (Lipinski definition) is 2. The molecule has 4 rings (SSSR count). The third-order valence-corrected chi connectivity index (χ3v) is 10.2. The third-order valence-electron chi connectivity index (χ3n) is 8.54. The molecule has 2 N–H and O–H groups in total. The summed E-state index contributed by atoms with van der Waals surface area (Å²) in [6.07, 6.45) is 0.0377. The number of benzene rings is 3. The van der Waals surface area contributed by atoms with Gasteiger partial charge in [-0.1, -0.05) is 72.7 Å². The number of hydrogen-bond acceptors (Lipinski definition) is 8. The minimum Gasteiger partial charge on any atom is -0.508 e. The van der Waals surface area contributed by atoms with Crippen LogP contribution in [0.2, 0.25) is 0 Å². The lowest BCUT2D eigenvalue weighted by Gasteiger charge is -2.33. The topological polar surface area (TPSA) is 113 Å². The predicted octanol–water partition coefficient (Wildman–Crippen LogP) is 6.25. The predicted molar refractivity (Wildman–Crippen MR) is 178 cm³/mol. The van der Waals surface area contributed by atoms with Crippen LogP contribution in [0.5, 0.6) is 17.2 Å². The van der Waals surface area contributed by atoms with Crippen molar-refractivity contribution in [2.45, 2.75) is 71.1 Å². The lowest BCUT2D eigenvalue weighted by Crippen LogP contribution is -2.40. The van der Waals surface area contributed by atoms with Crippen LogP contribution in [0.3, 0.4) is 0 Å². The van der Waals surface area contributed by atoms with E-state index in [9.17, 15) is 23.4 Å². The molecule has 8 nitrogen and oxygen atoms in total. The average molecular weight is 638 g/mol. The van der Waals surface area contributed by atoms with Gasteiger partial charge in [-0.2, -0.15) is 0 Å². The number of rotatable bonds is 9. The molecule has 0 spiro atoms. The van der Waals surface area contributed by atoms with Crippen molar-refractivity contribution in [2.75, 3.05) is 42.7 Å². The van der Waals surface area contributed by atoms with Crippen LogP contribution in [0.25, 0.3) is 0 Å². The third kappa shape index (κ3) is 8.31. The van der Waals surface area contributed by atoms with Gasteiger partial charge in [-0.25, -0.2) is 8.42 Å². The van der Waals surface area contributed by atoms with Gasteiger partial charge in [-0.05, 0) is 69.5 Å². The van der Waals surface area contributed by atoms with E-state index in [1.54, 1.807) is 12.1 Å². The van der Waals surface area contributed by atoms with Gasteiger partial charge < -0.3 is 24.6 Å². The zero-order valence-electron chi connectivity index (χ0n) is 27.5. The lowest BCUT2D eigenvalue weighted by atomic mass is 9.70. The van der Waals surface area contributed by atoms with Crippen LogP contribution < -0.4 is 9.64 Å². The first-order valence-corrected chi connectivity index (χ1v) is 17.2. The maximum atomic E-state index is 13.4. The Morgan fingerprint density at radius 2 is 1.24 bits per heavy atom. The summed E-state index contributed by atoms with van der Waals surface area (Å²) < 4.78 is 34.9. The molecule has 9 heteroatoms. The van der Waals surface area contributed by atoms with Crippen molar-refractivity contribution in [1.82, 2.24) is 0 Å². The minimum absolute atomic E-state index is 0.0377. The summed E-state index contributed by atoms with van der Waals surface area (Å²) in [5, 5.41) is 21.3. The van der Waals surface area contributed by atoms with Crippen LogP contribution in [0, 0.1) is 0 Å². The van der Waals surface area contributed by atoms with Crippen molar-refractivity contribution in [2.24, 2.45) is 0 Å². The normalized spacial score (nSPS) is 15.5. The van der Waals surface area contributed by atoms with E-state index in [0.717, 1.165) is 27.9 Å². The van der Waals surface area contributed by atoms with E-state index in [2.05, 4.69) is 0 Å². The first kappa shape index (κ1) is 34.2. The molecular weight excluding hydrogens is 590 g/mol. The quantitative estimate of drug-likeness (QED) is 0.209. The van der Waals surface area contributed by atoms with Crippen LogP contribution in [0.15, 0.2) is 60.7 Å². The first-order chi connectivity index (χ1) is 20.9. The molecule has 1 aliphatic rings. The van der Waals surface area contributed by atoms with E-state index >= 15 is 0 Å². The van der Waals surface area contributed by atoms with E-state index in [4.69, 9.17) is 9.47 Å². The van der Waals surface area contributed by atoms with Crippen LogP contribution >= 0.6 is 0 Å². The van der Waals surface area contributed by atoms with E-state index in [1.807, 2.05) is 102 Å². The Hall–Kier alpha value is -3.72. The molecule has 1 fully saturated rings. The molecule has 0 aliphatic carbocycles. The highest BCUT2D eigenvalue weighted by atomic mass is 32.2. The maximum absolute atomic E-state index is 13.4. The van der Waals surface area contributed by atoms with Crippen LogP contribution in [0.4, 0.5) is 5.69 Å². The van der Waals surface area contributed by atoms with Gasteiger partial charge in [-0.15, -0.1) is 0 Å². The van der Waals surface area contributed by atoms with E-state index in [-0.39, 0.29) is 53.5 Å². The van der Waals surface area contributed by atoms with Gasteiger partial charge in [0.15, 0.2) is 9.84 Å². The molecule has 3 aromatic carbocycles. The summed E-state index contributed by atoms with van der Waals surface area (Å²) in [6.45, 7) is 15.4. The monoisotopic (exact) mass is 637 g/mol. The van der Waals surface area contributed by atoms with Crippen molar-refractivity contribution in [1.29, 1.82) is 0 Å². The number of carbonyl (C=O) groups is 1. The van der Waals surface area contributed by atoms with Gasteiger partial charge in [0, 0.05) is 24.2 Å². The maximum Gasteiger partial charge on any atom is 0.307 e. The van der Waals surface area contributed by atoms with Crippen molar-refractivity contribution in [3.63, 3.8) is 0 Å². The number of anilines is 1. The summed E-state index contributed by atoms with van der Waals surface area (Å²) in [5.74, 6) is 0.946. The standard InChI is InChI=1S/C36H47NO7S/c1-34(2,3)29-22-25(8-14-31(29)38)36(7,26-9-15-32(39)30(23-26)35(4,5)6)24-33(40)44-19-18-43-28-12-10-27(11-13-28)37-16-20-45(41,42)21-17-37/h8-15,22-23,38-39H,16-21,24H2,1-7H3. The Balaban J connectivity index is 1.47. The highest BCUT2D eigenvalue weighted by molar-refractivity contribution is 7.91. The molecule has 45 heavy (non-hydrogen) atoms. The first-order valence-electron chi connectivity index (χ1n) is 15.4. The molecule has 1 aliphatic heterocycles. The summed E-state index contributed by atoms with van der Waals surface area (Å²) >= 11 is 0. The second-order valence-corrected chi connectivity index (χ2v) is 16.5. The summed E-state index contributed by atoms with van der Waals surface area (Å²) in [7, 11) is -2.94. The van der Waals surface area contributed by atoms with Crippen LogP contribution in [-0.2, 0) is 35.6 Å². The summed E-state index contributed by atoms with van der Waals surface area (Å²) in [5.41, 5.74) is 2.75. The number of phenols is 2. The SMILES string of the molecule is CC(C)(C)c1cc(C(C)(CC(=O)OCCOc2ccc(N3CCS(=O)(=O)CC3)cc2)c2ccc(O)c(C(C)(C)C)c2)ccc1O. The van der Waals surface area contributed by atoms with Crippen molar-refractivity contribution in [3.05, 3.63) is 82.9 Å². The zero-order valence-corrected chi connectivity index (χ0v) is 28.3. The molecule has 0 atom stereocenters. The van der Waals surface area contributed by atoms with Crippen LogP contribution in [0.1, 0.15) is 77.1 Å². The number of phenolic OH excluding ortho intramolecular Hbond substituents is 2. The fraction of sp³-hybridized carbons (Fsp3) is 0.472. The molecule has 0 unspecified atom stereocenters. The van der Waals surface area contributed by atoms with Gasteiger partial charge in [0.1, 0.15) is 30.5 Å². The van der Waals surface area contributed by atoms with Crippen LogP contribution in [-0.4, -0.2) is 62.4 Å². The Morgan fingerprint density at radius 1 is 0.756 bits per heavy atom. The number of ether oxygens (including phenoxy) is 2. The zero-order chi connectivity index (χ0) is 33.2. The van der Waals surface area contributed by atoms with Crippen molar-refractivity contribution in [3.8, 4) is 17.2 Å². The Kier molecular flexibility index (Phi) is 9.83. The molecule has 0 saturated carbocycles. The van der Waals surface area contributed by atoms with Gasteiger partial charge in [0.05, 0.1) is 17.9 Å². The molecule has 0 amide bonds. The van der Waals surface area contributed by atoms with Gasteiger partial charge in [-0.3, -0.25) is 4.79 Å². The number of aromatic hydroxyl groups is 2. The molecule has 1 saturated heterocycles.